The summed E-state index contributed by atoms with van der Waals surface area (Å²) in [5, 5.41) is 13.1. The van der Waals surface area contributed by atoms with E-state index >= 15 is 0 Å². The lowest BCUT2D eigenvalue weighted by Gasteiger charge is -2.39. The molecule has 2 heterocycles. The van der Waals surface area contributed by atoms with Crippen LogP contribution in [-0.2, 0) is 9.53 Å². The number of piperidine rings is 1. The van der Waals surface area contributed by atoms with E-state index in [4.69, 9.17) is 18.9 Å². The number of carbonyl (C=O) groups excluding carboxylic acids is 1. The van der Waals surface area contributed by atoms with E-state index in [2.05, 4.69) is 5.32 Å². The van der Waals surface area contributed by atoms with Crippen LogP contribution in [0.1, 0.15) is 51.1 Å². The van der Waals surface area contributed by atoms with E-state index in [1.807, 2.05) is 38.1 Å². The van der Waals surface area contributed by atoms with Crippen LogP contribution in [0.15, 0.2) is 60.0 Å². The monoisotopic (exact) mass is 496 g/mol. The Morgan fingerprint density at radius 1 is 1.11 bits per heavy atom. The Morgan fingerprint density at radius 2 is 1.86 bits per heavy atom. The first kappa shape index (κ1) is 25.2. The van der Waals surface area contributed by atoms with E-state index in [0.29, 0.717) is 49.5 Å². The van der Waals surface area contributed by atoms with Crippen molar-refractivity contribution in [1.82, 2.24) is 10.2 Å². The van der Waals surface area contributed by atoms with Crippen molar-refractivity contribution in [2.75, 3.05) is 13.7 Å². The van der Waals surface area contributed by atoms with Crippen LogP contribution in [0.5, 0.6) is 17.2 Å². The molecule has 2 N–H and O–H groups in total. The number of hydrogen-bond donors (Lipinski definition) is 2. The minimum atomic E-state index is -1.05. The summed E-state index contributed by atoms with van der Waals surface area (Å²) in [6.07, 6.45) is 1.59. The van der Waals surface area contributed by atoms with Gasteiger partial charge in [-0.05, 0) is 75.1 Å². The number of methoxy groups -OCH3 is 1. The number of carboxylic acids is 1. The van der Waals surface area contributed by atoms with Gasteiger partial charge < -0.3 is 29.4 Å². The molecule has 1 unspecified atom stereocenters. The van der Waals surface area contributed by atoms with E-state index in [1.54, 1.807) is 31.4 Å². The topological polar surface area (TPSA) is 107 Å². The normalized spacial score (nSPS) is 21.4. The predicted molar refractivity (Wildman–Crippen MR) is 132 cm³/mol. The van der Waals surface area contributed by atoms with Gasteiger partial charge in [-0.1, -0.05) is 12.1 Å². The number of allylic oxidation sites excluding steroid dienone is 1. The molecule has 0 aliphatic carbocycles. The van der Waals surface area contributed by atoms with Crippen LogP contribution >= 0.6 is 0 Å². The summed E-state index contributed by atoms with van der Waals surface area (Å²) in [6.45, 7) is 4.32. The smallest absolute Gasteiger partial charge is 0.416 e. The van der Waals surface area contributed by atoms with Crippen molar-refractivity contribution in [3.63, 3.8) is 0 Å². The number of amides is 1. The summed E-state index contributed by atoms with van der Waals surface area (Å²) in [4.78, 5) is 26.6. The average Bonchev–Trinajstić information content (AvgIpc) is 3.20. The van der Waals surface area contributed by atoms with Crippen molar-refractivity contribution in [2.45, 2.75) is 57.8 Å². The highest BCUT2D eigenvalue weighted by Crippen LogP contribution is 2.37. The molecule has 0 radical (unpaired) electrons. The summed E-state index contributed by atoms with van der Waals surface area (Å²) >= 11 is 0. The number of benzene rings is 2. The fraction of sp³-hybridized carbons (Fsp3) is 0.407. The number of carbonyl (C=O) groups is 2. The van der Waals surface area contributed by atoms with Crippen molar-refractivity contribution in [1.29, 1.82) is 0 Å². The van der Waals surface area contributed by atoms with Gasteiger partial charge in [0.25, 0.3) is 0 Å². The van der Waals surface area contributed by atoms with E-state index in [9.17, 15) is 14.7 Å². The van der Waals surface area contributed by atoms with Crippen molar-refractivity contribution >= 4 is 12.1 Å². The summed E-state index contributed by atoms with van der Waals surface area (Å²) in [5.41, 5.74) is 1.82. The molecular formula is C27H32N2O7. The fourth-order valence-electron chi connectivity index (χ4n) is 4.66. The third-order valence-corrected chi connectivity index (χ3v) is 6.41. The Bertz CT molecular complexity index is 1120. The Balaban J connectivity index is 1.49. The molecule has 9 nitrogen and oxygen atoms in total. The molecule has 0 saturated carbocycles. The van der Waals surface area contributed by atoms with Gasteiger partial charge in [-0.3, -0.25) is 4.90 Å². The van der Waals surface area contributed by atoms with E-state index in [1.165, 1.54) is 4.90 Å². The highest BCUT2D eigenvalue weighted by atomic mass is 16.6. The lowest BCUT2D eigenvalue weighted by molar-refractivity contribution is -0.144. The highest BCUT2D eigenvalue weighted by molar-refractivity contribution is 5.81. The number of aliphatic carboxylic acids is 1. The SMILES string of the molecule is COc1ccc(OC(=O)N2[C@H](C(=O)O)CCC[C@H]2c2cccc(OCCC3=C(C)OC(C)N3)c2)cc1. The first-order valence-corrected chi connectivity index (χ1v) is 12.1. The van der Waals surface area contributed by atoms with Crippen LogP contribution in [-0.4, -0.2) is 48.1 Å². The van der Waals surface area contributed by atoms with E-state index in [-0.39, 0.29) is 6.23 Å². The van der Waals surface area contributed by atoms with Crippen molar-refractivity contribution in [2.24, 2.45) is 0 Å². The zero-order chi connectivity index (χ0) is 25.7. The molecule has 0 bridgehead atoms. The van der Waals surface area contributed by atoms with Crippen molar-refractivity contribution in [3.8, 4) is 17.2 Å². The third-order valence-electron chi connectivity index (χ3n) is 6.41. The zero-order valence-electron chi connectivity index (χ0n) is 20.7. The molecule has 192 valence electrons. The van der Waals surface area contributed by atoms with Gasteiger partial charge in [0.15, 0.2) is 6.23 Å². The van der Waals surface area contributed by atoms with Gasteiger partial charge >= 0.3 is 12.1 Å². The fourth-order valence-corrected chi connectivity index (χ4v) is 4.66. The maximum atomic E-state index is 13.2. The molecule has 0 aromatic heterocycles. The van der Waals surface area contributed by atoms with Gasteiger partial charge in [0.05, 0.1) is 25.5 Å². The molecule has 1 fully saturated rings. The number of nitrogens with one attached hydrogen (secondary N) is 1. The van der Waals surface area contributed by atoms with Gasteiger partial charge in [0, 0.05) is 6.42 Å². The lowest BCUT2D eigenvalue weighted by atomic mass is 9.91. The van der Waals surface area contributed by atoms with E-state index < -0.39 is 24.1 Å². The largest absolute Gasteiger partial charge is 0.497 e. The average molecular weight is 497 g/mol. The molecular weight excluding hydrogens is 464 g/mol. The minimum absolute atomic E-state index is 0.0412. The van der Waals surface area contributed by atoms with Crippen LogP contribution in [0.2, 0.25) is 0 Å². The second-order valence-corrected chi connectivity index (χ2v) is 8.86. The molecule has 3 atom stereocenters. The molecule has 2 aliphatic rings. The number of carboxylic acid groups (broad SMARTS) is 1. The molecule has 2 aromatic carbocycles. The Labute approximate surface area is 210 Å². The standard InChI is InChI=1S/C27H32N2O7/c1-17-23(28-18(2)35-17)14-15-34-22-7-4-6-19(16-22)24-8-5-9-25(26(30)31)29(24)27(32)36-21-12-10-20(33-3)11-13-21/h4,6-7,10-13,16,18,24-25,28H,5,8-9,14-15H2,1-3H3,(H,30,31)/t18?,24-,25-/m0/s1. The maximum absolute atomic E-state index is 13.2. The van der Waals surface area contributed by atoms with Crippen LogP contribution in [0.25, 0.3) is 0 Å². The Hall–Kier alpha value is -3.88. The molecule has 9 heteroatoms. The van der Waals surface area contributed by atoms with Gasteiger partial charge in [-0.15, -0.1) is 0 Å². The van der Waals surface area contributed by atoms with Crippen LogP contribution < -0.4 is 19.5 Å². The predicted octanol–water partition coefficient (Wildman–Crippen LogP) is 4.84. The molecule has 0 spiro atoms. The molecule has 2 aliphatic heterocycles. The van der Waals surface area contributed by atoms with Crippen molar-refractivity contribution < 1.29 is 33.6 Å². The Kier molecular flexibility index (Phi) is 7.87. The number of hydrogen-bond acceptors (Lipinski definition) is 7. The Morgan fingerprint density at radius 3 is 2.53 bits per heavy atom. The molecule has 4 rings (SSSR count). The van der Waals surface area contributed by atoms with Gasteiger partial charge in [-0.2, -0.15) is 0 Å². The maximum Gasteiger partial charge on any atom is 0.416 e. The quantitative estimate of drug-likeness (QED) is 0.535. The van der Waals surface area contributed by atoms with Gasteiger partial charge in [-0.25, -0.2) is 9.59 Å². The zero-order valence-corrected chi connectivity index (χ0v) is 20.7. The lowest BCUT2D eigenvalue weighted by Crippen LogP contribution is -2.50. The van der Waals surface area contributed by atoms with Crippen molar-refractivity contribution in [3.05, 3.63) is 65.6 Å². The van der Waals surface area contributed by atoms with Crippen LogP contribution in [0.4, 0.5) is 4.79 Å². The molecule has 36 heavy (non-hydrogen) atoms. The second-order valence-electron chi connectivity index (χ2n) is 8.86. The summed E-state index contributed by atoms with van der Waals surface area (Å²) in [5.74, 6) is 1.41. The van der Waals surface area contributed by atoms with Crippen LogP contribution in [0, 0.1) is 0 Å². The number of likely N-dealkylation sites (tertiary alicyclic amines) is 1. The number of ether oxygens (including phenoxy) is 4. The number of rotatable bonds is 8. The van der Waals surface area contributed by atoms with E-state index in [0.717, 1.165) is 17.0 Å². The summed E-state index contributed by atoms with van der Waals surface area (Å²) in [6, 6.07) is 12.6. The third kappa shape index (κ3) is 5.84. The highest BCUT2D eigenvalue weighted by Gasteiger charge is 2.40. The molecule has 1 saturated heterocycles. The van der Waals surface area contributed by atoms with Gasteiger partial charge in [0.1, 0.15) is 29.0 Å². The van der Waals surface area contributed by atoms with Crippen LogP contribution in [0.3, 0.4) is 0 Å². The molecule has 2 aromatic rings. The minimum Gasteiger partial charge on any atom is -0.497 e. The second kappa shape index (κ2) is 11.2. The first-order chi connectivity index (χ1) is 17.4. The molecule has 1 amide bonds. The number of nitrogens with zero attached hydrogens (tertiary/aromatic N) is 1. The van der Waals surface area contributed by atoms with Gasteiger partial charge in [0.2, 0.25) is 0 Å². The summed E-state index contributed by atoms with van der Waals surface area (Å²) < 4.78 is 22.3. The first-order valence-electron chi connectivity index (χ1n) is 12.1. The summed E-state index contributed by atoms with van der Waals surface area (Å²) in [7, 11) is 1.55.